The maximum Gasteiger partial charge on any atom is 0.276 e. The van der Waals surface area contributed by atoms with E-state index >= 15 is 0 Å². The molecule has 25 heavy (non-hydrogen) atoms. The predicted octanol–water partition coefficient (Wildman–Crippen LogP) is 4.40. The van der Waals surface area contributed by atoms with Gasteiger partial charge in [0.05, 0.1) is 5.69 Å². The highest BCUT2D eigenvalue weighted by Crippen LogP contribution is 2.38. The molecule has 4 rings (SSSR count). The summed E-state index contributed by atoms with van der Waals surface area (Å²) >= 11 is 0. The Balaban J connectivity index is 1.39. The van der Waals surface area contributed by atoms with Crippen molar-refractivity contribution in [2.45, 2.75) is 18.8 Å². The Kier molecular flexibility index (Phi) is 4.12. The number of nitrogens with zero attached hydrogens (tertiary/aromatic N) is 2. The normalized spacial score (nSPS) is 13.3. The first-order valence-electron chi connectivity index (χ1n) is 8.26. The van der Waals surface area contributed by atoms with Crippen LogP contribution >= 0.6 is 0 Å². The lowest BCUT2D eigenvalue weighted by Gasteiger charge is -2.08. The van der Waals surface area contributed by atoms with Gasteiger partial charge < -0.3 is 10.1 Å². The summed E-state index contributed by atoms with van der Waals surface area (Å²) in [6.45, 7) is 0. The molecule has 0 unspecified atom stereocenters. The average Bonchev–Trinajstić information content (AvgIpc) is 3.50. The Morgan fingerprint density at radius 1 is 0.880 bits per heavy atom. The van der Waals surface area contributed by atoms with Gasteiger partial charge in [0.1, 0.15) is 11.5 Å². The van der Waals surface area contributed by atoms with Gasteiger partial charge in [0.2, 0.25) is 0 Å². The Labute approximate surface area is 145 Å². The van der Waals surface area contributed by atoms with Crippen molar-refractivity contribution in [2.75, 3.05) is 5.32 Å². The van der Waals surface area contributed by atoms with Gasteiger partial charge in [0.15, 0.2) is 5.69 Å². The summed E-state index contributed by atoms with van der Waals surface area (Å²) in [7, 11) is 0. The van der Waals surface area contributed by atoms with Crippen molar-refractivity contribution in [1.29, 1.82) is 0 Å². The summed E-state index contributed by atoms with van der Waals surface area (Å²) in [5.41, 5.74) is 1.96. The third-order valence-corrected chi connectivity index (χ3v) is 4.00. The molecule has 0 saturated heterocycles. The van der Waals surface area contributed by atoms with Crippen LogP contribution in [0.15, 0.2) is 66.7 Å². The number of hydrogen-bond donors (Lipinski definition) is 1. The number of anilines is 1. The number of amides is 1. The molecule has 1 amide bonds. The van der Waals surface area contributed by atoms with E-state index in [0.29, 0.717) is 23.0 Å². The molecule has 0 radical (unpaired) electrons. The molecule has 1 N–H and O–H groups in total. The minimum Gasteiger partial charge on any atom is -0.457 e. The van der Waals surface area contributed by atoms with E-state index in [0.717, 1.165) is 24.3 Å². The Morgan fingerprint density at radius 3 is 2.24 bits per heavy atom. The van der Waals surface area contributed by atoms with E-state index in [9.17, 15) is 4.79 Å². The first-order chi connectivity index (χ1) is 12.3. The SMILES string of the molecule is O=C(Nc1ccc(Oc2ccccc2)cc1)c1ccc(C2CC2)nn1. The standard InChI is InChI=1S/C20H17N3O2/c24-20(19-13-12-18(22-23-19)14-6-7-14)21-15-8-10-17(11-9-15)25-16-4-2-1-3-5-16/h1-5,8-14H,6-7H2,(H,21,24). The van der Waals surface area contributed by atoms with Gasteiger partial charge in [-0.1, -0.05) is 18.2 Å². The summed E-state index contributed by atoms with van der Waals surface area (Å²) in [6.07, 6.45) is 2.33. The zero-order valence-electron chi connectivity index (χ0n) is 13.6. The number of rotatable bonds is 5. The minimum absolute atomic E-state index is 0.272. The maximum absolute atomic E-state index is 12.2. The van der Waals surface area contributed by atoms with Crippen LogP contribution in [-0.4, -0.2) is 16.1 Å². The Bertz CT molecular complexity index is 858. The van der Waals surface area contributed by atoms with Gasteiger partial charge in [-0.15, -0.1) is 5.10 Å². The molecule has 1 aromatic heterocycles. The lowest BCUT2D eigenvalue weighted by atomic mass is 10.2. The lowest BCUT2D eigenvalue weighted by molar-refractivity contribution is 0.102. The molecular weight excluding hydrogens is 314 g/mol. The molecule has 1 fully saturated rings. The fraction of sp³-hybridized carbons (Fsp3) is 0.150. The van der Waals surface area contributed by atoms with Gasteiger partial charge in [-0.3, -0.25) is 4.79 Å². The summed E-state index contributed by atoms with van der Waals surface area (Å²) in [5, 5.41) is 11.0. The Hall–Kier alpha value is -3.21. The van der Waals surface area contributed by atoms with Gasteiger partial charge in [-0.25, -0.2) is 0 Å². The van der Waals surface area contributed by atoms with Crippen molar-refractivity contribution in [1.82, 2.24) is 10.2 Å². The van der Waals surface area contributed by atoms with Crippen LogP contribution in [0.3, 0.4) is 0 Å². The van der Waals surface area contributed by atoms with Crippen LogP contribution in [0.25, 0.3) is 0 Å². The summed E-state index contributed by atoms with van der Waals surface area (Å²) in [4.78, 5) is 12.2. The number of nitrogens with one attached hydrogen (secondary N) is 1. The smallest absolute Gasteiger partial charge is 0.276 e. The van der Waals surface area contributed by atoms with Crippen LogP contribution in [0.2, 0.25) is 0 Å². The number of carbonyl (C=O) groups is 1. The van der Waals surface area contributed by atoms with E-state index in [1.165, 1.54) is 0 Å². The highest BCUT2D eigenvalue weighted by atomic mass is 16.5. The minimum atomic E-state index is -0.272. The second-order valence-corrected chi connectivity index (χ2v) is 6.01. The van der Waals surface area contributed by atoms with Gasteiger partial charge in [-0.05, 0) is 61.4 Å². The molecule has 1 saturated carbocycles. The number of carbonyl (C=O) groups excluding carboxylic acids is 1. The molecule has 0 spiro atoms. The van der Waals surface area contributed by atoms with Crippen molar-refractivity contribution in [3.05, 3.63) is 78.1 Å². The van der Waals surface area contributed by atoms with E-state index in [1.807, 2.05) is 48.5 Å². The molecule has 0 atom stereocenters. The predicted molar refractivity (Wildman–Crippen MR) is 94.9 cm³/mol. The summed E-state index contributed by atoms with van der Waals surface area (Å²) in [5.74, 6) is 1.73. The fourth-order valence-corrected chi connectivity index (χ4v) is 2.49. The molecule has 5 heteroatoms. The molecule has 3 aromatic rings. The van der Waals surface area contributed by atoms with Crippen molar-refractivity contribution in [3.63, 3.8) is 0 Å². The highest BCUT2D eigenvalue weighted by Gasteiger charge is 2.25. The largest absolute Gasteiger partial charge is 0.457 e. The van der Waals surface area contributed by atoms with E-state index in [1.54, 1.807) is 18.2 Å². The van der Waals surface area contributed by atoms with Gasteiger partial charge in [-0.2, -0.15) is 5.10 Å². The second-order valence-electron chi connectivity index (χ2n) is 6.01. The number of para-hydroxylation sites is 1. The third kappa shape index (κ3) is 3.83. The van der Waals surface area contributed by atoms with Crippen molar-refractivity contribution >= 4 is 11.6 Å². The monoisotopic (exact) mass is 331 g/mol. The lowest BCUT2D eigenvalue weighted by Crippen LogP contribution is -2.14. The molecule has 1 heterocycles. The van der Waals surface area contributed by atoms with Crippen molar-refractivity contribution in [2.24, 2.45) is 0 Å². The van der Waals surface area contributed by atoms with Crippen molar-refractivity contribution in [3.8, 4) is 11.5 Å². The molecule has 2 aromatic carbocycles. The molecule has 5 nitrogen and oxygen atoms in total. The Morgan fingerprint density at radius 2 is 1.60 bits per heavy atom. The maximum atomic E-state index is 12.2. The van der Waals surface area contributed by atoms with E-state index in [2.05, 4.69) is 15.5 Å². The molecule has 124 valence electrons. The zero-order chi connectivity index (χ0) is 17.1. The first-order valence-corrected chi connectivity index (χ1v) is 8.26. The van der Waals surface area contributed by atoms with E-state index in [4.69, 9.17) is 4.74 Å². The average molecular weight is 331 g/mol. The van der Waals surface area contributed by atoms with Crippen LogP contribution < -0.4 is 10.1 Å². The van der Waals surface area contributed by atoms with Gasteiger partial charge in [0.25, 0.3) is 5.91 Å². The second kappa shape index (κ2) is 6.73. The highest BCUT2D eigenvalue weighted by molar-refractivity contribution is 6.02. The van der Waals surface area contributed by atoms with Crippen LogP contribution in [-0.2, 0) is 0 Å². The van der Waals surface area contributed by atoms with Gasteiger partial charge in [0, 0.05) is 11.6 Å². The van der Waals surface area contributed by atoms with Crippen LogP contribution in [0.5, 0.6) is 11.5 Å². The van der Waals surface area contributed by atoms with Gasteiger partial charge >= 0.3 is 0 Å². The zero-order valence-corrected chi connectivity index (χ0v) is 13.6. The van der Waals surface area contributed by atoms with Crippen LogP contribution in [0.1, 0.15) is 34.9 Å². The number of hydrogen-bond acceptors (Lipinski definition) is 4. The molecule has 1 aliphatic rings. The van der Waals surface area contributed by atoms with Crippen LogP contribution in [0.4, 0.5) is 5.69 Å². The summed E-state index contributed by atoms with van der Waals surface area (Å²) in [6, 6.07) is 20.4. The first kappa shape index (κ1) is 15.3. The fourth-order valence-electron chi connectivity index (χ4n) is 2.49. The topological polar surface area (TPSA) is 64.1 Å². The number of benzene rings is 2. The van der Waals surface area contributed by atoms with Crippen LogP contribution in [0, 0.1) is 0 Å². The summed E-state index contributed by atoms with van der Waals surface area (Å²) < 4.78 is 5.73. The molecule has 0 aliphatic heterocycles. The molecule has 1 aliphatic carbocycles. The molecular formula is C20H17N3O2. The third-order valence-electron chi connectivity index (χ3n) is 4.00. The number of aromatic nitrogens is 2. The number of ether oxygens (including phenoxy) is 1. The quantitative estimate of drug-likeness (QED) is 0.752. The van der Waals surface area contributed by atoms with E-state index < -0.39 is 0 Å². The molecule has 0 bridgehead atoms. The van der Waals surface area contributed by atoms with E-state index in [-0.39, 0.29) is 5.91 Å². The van der Waals surface area contributed by atoms with Crippen molar-refractivity contribution < 1.29 is 9.53 Å².